The van der Waals surface area contributed by atoms with Crippen LogP contribution < -0.4 is 28.3 Å². The molecule has 18 nitrogen and oxygen atoms in total. The van der Waals surface area contributed by atoms with Crippen molar-refractivity contribution in [2.24, 2.45) is 11.7 Å². The highest BCUT2D eigenvalue weighted by molar-refractivity contribution is 5.85. The molecule has 4 aromatic heterocycles. The van der Waals surface area contributed by atoms with Crippen LogP contribution in [0.25, 0.3) is 22.3 Å². The summed E-state index contributed by atoms with van der Waals surface area (Å²) in [6.45, 7) is 4.34. The van der Waals surface area contributed by atoms with Crippen molar-refractivity contribution >= 4 is 52.6 Å². The Morgan fingerprint density at radius 2 is 1.40 bits per heavy atom. The summed E-state index contributed by atoms with van der Waals surface area (Å²) >= 11 is 0. The van der Waals surface area contributed by atoms with E-state index in [1.165, 1.54) is 21.8 Å². The van der Waals surface area contributed by atoms with Crippen molar-refractivity contribution in [1.29, 1.82) is 0 Å². The molecule has 0 radical (unpaired) electrons. The molecule has 4 aromatic rings. The second kappa shape index (κ2) is 14.9. The SMILES string of the molecule is CC(C)[C@H](N)C(=O)OCCOCn1cnc2c(=O)[nH]c(N)nc21.Cl.Nc1nc2c(ncn2COCCO)c(=O)[nH]1. The molecule has 0 bridgehead atoms. The van der Waals surface area contributed by atoms with Crippen LogP contribution in [0.4, 0.5) is 11.9 Å². The van der Waals surface area contributed by atoms with E-state index in [0.717, 1.165) is 0 Å². The molecule has 0 amide bonds. The van der Waals surface area contributed by atoms with E-state index in [-0.39, 0.29) is 86.7 Å². The number of carbonyl (C=O) groups is 1. The zero-order valence-corrected chi connectivity index (χ0v) is 22.6. The number of rotatable bonds is 11. The van der Waals surface area contributed by atoms with Gasteiger partial charge in [0.25, 0.3) is 11.1 Å². The number of nitrogens with two attached hydrogens (primary N) is 3. The van der Waals surface area contributed by atoms with Gasteiger partial charge in [-0.3, -0.25) is 33.5 Å². The molecule has 0 unspecified atom stereocenters. The first-order valence-electron chi connectivity index (χ1n) is 11.7. The molecule has 0 aliphatic rings. The molecule has 4 heterocycles. The van der Waals surface area contributed by atoms with Crippen molar-refractivity contribution in [2.45, 2.75) is 33.4 Å². The van der Waals surface area contributed by atoms with Gasteiger partial charge in [-0.1, -0.05) is 13.8 Å². The number of nitrogens with zero attached hydrogens (tertiary/aromatic N) is 6. The quantitative estimate of drug-likeness (QED) is 0.0845. The van der Waals surface area contributed by atoms with Crippen LogP contribution in [-0.4, -0.2) is 82.6 Å². The molecule has 0 fully saturated rings. The highest BCUT2D eigenvalue weighted by Gasteiger charge is 2.18. The van der Waals surface area contributed by atoms with E-state index in [1.807, 2.05) is 13.8 Å². The zero-order chi connectivity index (χ0) is 28.5. The third kappa shape index (κ3) is 8.20. The number of H-pyrrole nitrogens is 2. The van der Waals surface area contributed by atoms with Crippen molar-refractivity contribution in [2.75, 3.05) is 37.9 Å². The number of nitrogens with one attached hydrogen (secondary N) is 2. The van der Waals surface area contributed by atoms with E-state index >= 15 is 0 Å². The lowest BCUT2D eigenvalue weighted by atomic mass is 10.1. The summed E-state index contributed by atoms with van der Waals surface area (Å²) in [7, 11) is 0. The standard InChI is InChI=1S/C13H20N6O4.C8H11N5O3.ClH/c1-7(2)8(14)12(21)23-4-3-22-6-19-5-16-9-10(19)17-13(15)18-11(9)20;9-8-11-6-5(7(15)12-8)10-3-13(6)4-16-2-1-14;/h5,7-8H,3-4,6,14H2,1-2H3,(H3,15,17,18,20);3,14H,1-2,4H2,(H3,9,11,12,15);1H/t8-;;/m0../s1. The Bertz CT molecular complexity index is 1510. The summed E-state index contributed by atoms with van der Waals surface area (Å²) in [5.74, 6) is -0.421. The number of halogens is 1. The number of aromatic amines is 2. The first kappa shape index (κ1) is 32.1. The number of fused-ring (bicyclic) bond motifs is 2. The fourth-order valence-electron chi connectivity index (χ4n) is 3.09. The maximum atomic E-state index is 11.6. The molecule has 220 valence electrons. The van der Waals surface area contributed by atoms with Crippen LogP contribution in [0.3, 0.4) is 0 Å². The smallest absolute Gasteiger partial charge is 0.323 e. The van der Waals surface area contributed by atoms with Gasteiger partial charge in [0.2, 0.25) is 11.9 Å². The summed E-state index contributed by atoms with van der Waals surface area (Å²) < 4.78 is 18.5. The van der Waals surface area contributed by atoms with Crippen molar-refractivity contribution in [1.82, 2.24) is 39.0 Å². The van der Waals surface area contributed by atoms with E-state index in [9.17, 15) is 14.4 Å². The van der Waals surface area contributed by atoms with Gasteiger partial charge in [-0.05, 0) is 5.92 Å². The number of nitrogen functional groups attached to an aromatic ring is 2. The predicted molar refractivity (Wildman–Crippen MR) is 145 cm³/mol. The summed E-state index contributed by atoms with van der Waals surface area (Å²) in [6, 6.07) is -0.647. The summed E-state index contributed by atoms with van der Waals surface area (Å²) in [6.07, 6.45) is 2.86. The number of ether oxygens (including phenoxy) is 3. The molecule has 0 aromatic carbocycles. The lowest BCUT2D eigenvalue weighted by Crippen LogP contribution is -2.37. The topological polar surface area (TPSA) is 270 Å². The maximum absolute atomic E-state index is 11.6. The number of anilines is 2. The van der Waals surface area contributed by atoms with E-state index < -0.39 is 17.6 Å². The van der Waals surface area contributed by atoms with Crippen LogP contribution in [0.2, 0.25) is 0 Å². The van der Waals surface area contributed by atoms with E-state index in [0.29, 0.717) is 11.3 Å². The van der Waals surface area contributed by atoms with Crippen LogP contribution in [-0.2, 0) is 32.5 Å². The van der Waals surface area contributed by atoms with Crippen molar-refractivity contribution < 1.29 is 24.1 Å². The van der Waals surface area contributed by atoms with Crippen LogP contribution in [0.15, 0.2) is 22.2 Å². The molecule has 4 rings (SSSR count). The molecule has 1 atom stereocenters. The molecule has 19 heteroatoms. The molecule has 0 aliphatic heterocycles. The number of carbonyl (C=O) groups excluding carboxylic acids is 1. The van der Waals surface area contributed by atoms with Gasteiger partial charge >= 0.3 is 5.97 Å². The Kier molecular flexibility index (Phi) is 12.0. The van der Waals surface area contributed by atoms with Gasteiger partial charge in [0.1, 0.15) is 26.1 Å². The van der Waals surface area contributed by atoms with Gasteiger partial charge in [-0.25, -0.2) is 9.97 Å². The number of hydrogen-bond acceptors (Lipinski definition) is 14. The molecular formula is C21H32ClN11O7. The normalized spacial score (nSPS) is 11.7. The Labute approximate surface area is 232 Å². The largest absolute Gasteiger partial charge is 0.462 e. The Morgan fingerprint density at radius 1 is 0.925 bits per heavy atom. The summed E-state index contributed by atoms with van der Waals surface area (Å²) in [4.78, 5) is 55.1. The van der Waals surface area contributed by atoms with Crippen LogP contribution in [0.1, 0.15) is 13.8 Å². The number of aliphatic hydroxyl groups excluding tert-OH is 1. The zero-order valence-electron chi connectivity index (χ0n) is 21.8. The van der Waals surface area contributed by atoms with Gasteiger partial charge in [0.05, 0.1) is 32.5 Å². The number of imidazole rings is 2. The monoisotopic (exact) mass is 585 g/mol. The van der Waals surface area contributed by atoms with Crippen molar-refractivity contribution in [3.05, 3.63) is 33.4 Å². The van der Waals surface area contributed by atoms with Gasteiger partial charge in [-0.15, -0.1) is 12.4 Å². The van der Waals surface area contributed by atoms with Crippen LogP contribution in [0.5, 0.6) is 0 Å². The van der Waals surface area contributed by atoms with Crippen LogP contribution >= 0.6 is 12.4 Å². The molecule has 0 aliphatic carbocycles. The average molecular weight is 586 g/mol. The van der Waals surface area contributed by atoms with E-state index in [4.69, 9.17) is 36.5 Å². The summed E-state index contributed by atoms with van der Waals surface area (Å²) in [5.41, 5.74) is 16.9. The van der Waals surface area contributed by atoms with Crippen molar-refractivity contribution in [3.63, 3.8) is 0 Å². The molecule has 40 heavy (non-hydrogen) atoms. The highest BCUT2D eigenvalue weighted by Crippen LogP contribution is 2.07. The fourth-order valence-corrected chi connectivity index (χ4v) is 3.09. The Morgan fingerprint density at radius 3 is 1.85 bits per heavy atom. The number of aromatic nitrogens is 8. The van der Waals surface area contributed by atoms with Gasteiger partial charge in [0.15, 0.2) is 22.3 Å². The Balaban J connectivity index is 0.000000290. The summed E-state index contributed by atoms with van der Waals surface area (Å²) in [5, 5.41) is 8.56. The second-order valence-corrected chi connectivity index (χ2v) is 8.41. The predicted octanol–water partition coefficient (Wildman–Crippen LogP) is -1.71. The lowest BCUT2D eigenvalue weighted by Gasteiger charge is -2.14. The minimum absolute atomic E-state index is 0. The molecule has 0 saturated heterocycles. The lowest BCUT2D eigenvalue weighted by molar-refractivity contribution is -0.148. The molecular weight excluding hydrogens is 554 g/mol. The van der Waals surface area contributed by atoms with Crippen molar-refractivity contribution in [3.8, 4) is 0 Å². The molecule has 9 N–H and O–H groups in total. The van der Waals surface area contributed by atoms with Gasteiger partial charge in [0, 0.05) is 0 Å². The first-order valence-corrected chi connectivity index (χ1v) is 11.7. The van der Waals surface area contributed by atoms with E-state index in [1.54, 1.807) is 0 Å². The maximum Gasteiger partial charge on any atom is 0.323 e. The number of aliphatic hydroxyl groups is 1. The minimum atomic E-state index is -0.647. The van der Waals surface area contributed by atoms with Gasteiger partial charge in [-0.2, -0.15) is 9.97 Å². The third-order valence-electron chi connectivity index (χ3n) is 5.14. The third-order valence-corrected chi connectivity index (χ3v) is 5.14. The first-order chi connectivity index (χ1) is 18.6. The van der Waals surface area contributed by atoms with Crippen LogP contribution in [0, 0.1) is 5.92 Å². The fraction of sp³-hybridized carbons (Fsp3) is 0.476. The highest BCUT2D eigenvalue weighted by atomic mass is 35.5. The Hall–Kier alpha value is -4.10. The second-order valence-electron chi connectivity index (χ2n) is 8.41. The minimum Gasteiger partial charge on any atom is -0.462 e. The average Bonchev–Trinajstić information content (AvgIpc) is 3.48. The molecule has 0 saturated carbocycles. The molecule has 0 spiro atoms. The number of hydrogen-bond donors (Lipinski definition) is 6. The van der Waals surface area contributed by atoms with E-state index in [2.05, 4.69) is 29.9 Å². The van der Waals surface area contributed by atoms with Gasteiger partial charge < -0.3 is 36.5 Å². The number of esters is 1.